The van der Waals surface area contributed by atoms with E-state index in [0.29, 0.717) is 12.0 Å². The van der Waals surface area contributed by atoms with E-state index in [0.717, 1.165) is 29.5 Å². The summed E-state index contributed by atoms with van der Waals surface area (Å²) in [7, 11) is 2.93. The number of rotatable bonds is 1. The highest BCUT2D eigenvalue weighted by molar-refractivity contribution is 5.85. The maximum atomic E-state index is 13.0. The maximum absolute atomic E-state index is 13.0. The number of ether oxygens (including phenoxy) is 1. The Labute approximate surface area is 157 Å². The second kappa shape index (κ2) is 6.35. The normalized spacial score (nSPS) is 21.1. The SMILES string of the molecule is Cn1c2c(c(=O)n(C)c1=O)CC1CCC1C(Oc1cccc(C(F)(F)F)c1)=N2. The van der Waals surface area contributed by atoms with Crippen LogP contribution in [0.2, 0.25) is 0 Å². The van der Waals surface area contributed by atoms with Crippen molar-refractivity contribution in [3.05, 3.63) is 56.2 Å². The second-order valence-corrected chi connectivity index (χ2v) is 7.23. The average Bonchev–Trinajstić information content (AvgIpc) is 2.72. The molecule has 1 fully saturated rings. The van der Waals surface area contributed by atoms with Crippen LogP contribution in [0, 0.1) is 11.8 Å². The minimum atomic E-state index is -4.48. The number of benzene rings is 1. The highest BCUT2D eigenvalue weighted by atomic mass is 19.4. The van der Waals surface area contributed by atoms with E-state index >= 15 is 0 Å². The molecule has 28 heavy (non-hydrogen) atoms. The quantitative estimate of drug-likeness (QED) is 0.748. The first kappa shape index (κ1) is 18.5. The van der Waals surface area contributed by atoms with Crippen LogP contribution in [-0.4, -0.2) is 15.0 Å². The van der Waals surface area contributed by atoms with Crippen LogP contribution in [0.25, 0.3) is 0 Å². The largest absolute Gasteiger partial charge is 0.443 e. The Morgan fingerprint density at radius 1 is 1.14 bits per heavy atom. The lowest BCUT2D eigenvalue weighted by Crippen LogP contribution is -2.40. The van der Waals surface area contributed by atoms with Crippen molar-refractivity contribution in [3.8, 4) is 5.75 Å². The van der Waals surface area contributed by atoms with Gasteiger partial charge in [-0.15, -0.1) is 0 Å². The summed E-state index contributed by atoms with van der Waals surface area (Å²) in [4.78, 5) is 29.2. The Kier molecular flexibility index (Phi) is 4.20. The Hall–Kier alpha value is -2.84. The van der Waals surface area contributed by atoms with Gasteiger partial charge in [-0.2, -0.15) is 18.2 Å². The van der Waals surface area contributed by atoms with E-state index in [9.17, 15) is 22.8 Å². The van der Waals surface area contributed by atoms with Crippen LogP contribution < -0.4 is 16.0 Å². The third-order valence-corrected chi connectivity index (χ3v) is 5.53. The van der Waals surface area contributed by atoms with Crippen LogP contribution in [0.5, 0.6) is 5.75 Å². The van der Waals surface area contributed by atoms with Gasteiger partial charge in [0.25, 0.3) is 5.56 Å². The maximum Gasteiger partial charge on any atom is 0.416 e. The molecule has 4 rings (SSSR count). The van der Waals surface area contributed by atoms with E-state index in [2.05, 4.69) is 4.99 Å². The fraction of sp³-hybridized carbons (Fsp3) is 0.421. The van der Waals surface area contributed by atoms with Gasteiger partial charge in [0.2, 0.25) is 0 Å². The van der Waals surface area contributed by atoms with Gasteiger partial charge in [0.15, 0.2) is 5.90 Å². The smallest absolute Gasteiger partial charge is 0.416 e. The molecular weight excluding hydrogens is 375 g/mol. The van der Waals surface area contributed by atoms with Crippen molar-refractivity contribution in [2.75, 3.05) is 0 Å². The van der Waals surface area contributed by atoms with Crippen LogP contribution in [0.15, 0.2) is 38.8 Å². The molecule has 6 nitrogen and oxygen atoms in total. The van der Waals surface area contributed by atoms with Crippen molar-refractivity contribution in [1.82, 2.24) is 9.13 Å². The second-order valence-electron chi connectivity index (χ2n) is 7.23. The Bertz CT molecular complexity index is 1100. The van der Waals surface area contributed by atoms with E-state index in [1.165, 1.54) is 30.8 Å². The minimum absolute atomic E-state index is 0.0245. The summed E-state index contributed by atoms with van der Waals surface area (Å²) in [6, 6.07) is 4.59. The number of aromatic nitrogens is 2. The zero-order chi connectivity index (χ0) is 20.2. The van der Waals surface area contributed by atoms with Crippen molar-refractivity contribution < 1.29 is 17.9 Å². The van der Waals surface area contributed by atoms with Gasteiger partial charge in [-0.1, -0.05) is 6.07 Å². The fourth-order valence-electron chi connectivity index (χ4n) is 3.77. The Morgan fingerprint density at radius 2 is 1.89 bits per heavy atom. The molecule has 0 amide bonds. The van der Waals surface area contributed by atoms with Crippen LogP contribution in [-0.2, 0) is 26.7 Å². The summed E-state index contributed by atoms with van der Waals surface area (Å²) >= 11 is 0. The van der Waals surface area contributed by atoms with Gasteiger partial charge >= 0.3 is 11.9 Å². The van der Waals surface area contributed by atoms with E-state index in [1.54, 1.807) is 0 Å². The fourth-order valence-corrected chi connectivity index (χ4v) is 3.77. The summed E-state index contributed by atoms with van der Waals surface area (Å²) in [6.45, 7) is 0. The van der Waals surface area contributed by atoms with Crippen molar-refractivity contribution in [2.24, 2.45) is 30.9 Å². The summed E-state index contributed by atoms with van der Waals surface area (Å²) in [5, 5.41) is 0. The molecule has 2 aliphatic rings. The molecule has 0 radical (unpaired) electrons. The molecule has 1 aliphatic heterocycles. The van der Waals surface area contributed by atoms with Gasteiger partial charge in [-0.25, -0.2) is 4.79 Å². The first-order valence-electron chi connectivity index (χ1n) is 8.89. The number of fused-ring (bicyclic) bond motifs is 2. The van der Waals surface area contributed by atoms with E-state index in [1.807, 2.05) is 0 Å². The minimum Gasteiger partial charge on any atom is -0.443 e. The predicted octanol–water partition coefficient (Wildman–Crippen LogP) is 2.79. The van der Waals surface area contributed by atoms with Gasteiger partial charge in [-0.3, -0.25) is 13.9 Å². The van der Waals surface area contributed by atoms with Crippen molar-refractivity contribution in [2.45, 2.75) is 25.4 Å². The predicted molar refractivity (Wildman–Crippen MR) is 96.0 cm³/mol. The molecule has 2 aromatic rings. The third kappa shape index (κ3) is 2.94. The first-order chi connectivity index (χ1) is 13.2. The van der Waals surface area contributed by atoms with Crippen molar-refractivity contribution in [3.63, 3.8) is 0 Å². The topological polar surface area (TPSA) is 65.6 Å². The van der Waals surface area contributed by atoms with Crippen molar-refractivity contribution >= 4 is 11.7 Å². The molecule has 1 aromatic heterocycles. The van der Waals surface area contributed by atoms with E-state index in [-0.39, 0.29) is 29.3 Å². The van der Waals surface area contributed by atoms with Crippen LogP contribution in [0.1, 0.15) is 24.0 Å². The number of nitrogens with zero attached hydrogens (tertiary/aromatic N) is 3. The van der Waals surface area contributed by atoms with E-state index in [4.69, 9.17) is 4.74 Å². The summed E-state index contributed by atoms with van der Waals surface area (Å²) in [5.41, 5.74) is -1.29. The zero-order valence-corrected chi connectivity index (χ0v) is 15.3. The Balaban J connectivity index is 1.81. The molecule has 2 unspecified atom stereocenters. The number of hydrogen-bond acceptors (Lipinski definition) is 4. The molecule has 2 heterocycles. The molecule has 0 bridgehead atoms. The summed E-state index contributed by atoms with van der Waals surface area (Å²) in [6.07, 6.45) is -2.39. The van der Waals surface area contributed by atoms with Gasteiger partial charge in [0.1, 0.15) is 11.6 Å². The molecule has 9 heteroatoms. The molecule has 1 aliphatic carbocycles. The molecule has 2 atom stereocenters. The van der Waals surface area contributed by atoms with Gasteiger partial charge < -0.3 is 4.74 Å². The molecule has 1 saturated carbocycles. The number of aliphatic imine (C=N–C) groups is 1. The van der Waals surface area contributed by atoms with E-state index < -0.39 is 23.0 Å². The van der Waals surface area contributed by atoms with Gasteiger partial charge in [0.05, 0.1) is 11.1 Å². The average molecular weight is 393 g/mol. The number of hydrogen-bond donors (Lipinski definition) is 0. The van der Waals surface area contributed by atoms with Crippen LogP contribution in [0.3, 0.4) is 0 Å². The Morgan fingerprint density at radius 3 is 2.54 bits per heavy atom. The van der Waals surface area contributed by atoms with Gasteiger partial charge in [-0.05, 0) is 43.4 Å². The molecule has 0 N–H and O–H groups in total. The van der Waals surface area contributed by atoms with Crippen LogP contribution in [0.4, 0.5) is 19.0 Å². The lowest BCUT2D eigenvalue weighted by molar-refractivity contribution is -0.137. The lowest BCUT2D eigenvalue weighted by atomic mass is 9.71. The highest BCUT2D eigenvalue weighted by Crippen LogP contribution is 2.42. The summed E-state index contributed by atoms with van der Waals surface area (Å²) in [5.74, 6) is 0.497. The third-order valence-electron chi connectivity index (χ3n) is 5.53. The van der Waals surface area contributed by atoms with Crippen LogP contribution >= 0.6 is 0 Å². The van der Waals surface area contributed by atoms with Gasteiger partial charge in [0, 0.05) is 20.0 Å². The molecule has 0 saturated heterocycles. The molecule has 148 valence electrons. The zero-order valence-electron chi connectivity index (χ0n) is 15.3. The van der Waals surface area contributed by atoms with Crippen molar-refractivity contribution in [1.29, 1.82) is 0 Å². The standard InChI is InChI=1S/C19H18F3N3O3/c1-24-15-14(17(26)25(2)18(24)27)8-10-6-7-13(10)16(23-15)28-12-5-3-4-11(9-12)19(20,21)22/h3-5,9-10,13H,6-8H2,1-2H3. The molecule has 0 spiro atoms. The summed E-state index contributed by atoms with van der Waals surface area (Å²) < 4.78 is 47.0. The first-order valence-corrected chi connectivity index (χ1v) is 8.89. The highest BCUT2D eigenvalue weighted by Gasteiger charge is 2.40. The molecular formula is C19H18F3N3O3. The lowest BCUT2D eigenvalue weighted by Gasteiger charge is -2.35. The molecule has 1 aromatic carbocycles. The number of alkyl halides is 3. The number of halogens is 3. The monoisotopic (exact) mass is 393 g/mol.